The van der Waals surface area contributed by atoms with E-state index in [4.69, 9.17) is 23.7 Å². The summed E-state index contributed by atoms with van der Waals surface area (Å²) in [6.45, 7) is 8.28. The average Bonchev–Trinajstić information content (AvgIpc) is 2.86. The lowest BCUT2D eigenvalue weighted by molar-refractivity contribution is -0.156. The second kappa shape index (κ2) is 16.8. The highest BCUT2D eigenvalue weighted by atomic mass is 32.2. The molecular formula is C26H34O11S2. The minimum absolute atomic E-state index is 0.176. The Hall–Kier alpha value is -3.06. The summed E-state index contributed by atoms with van der Waals surface area (Å²) in [6, 6.07) is 8.18. The molecule has 0 N–H and O–H groups in total. The number of ether oxygens (including phenoxy) is 5. The SMILES string of the molecule is CC(C)C(=O)OCOC(=O)SC[C@H](CC(=O)C(C)(C)SC(=O)OCOC(=O)C(C)C)C(=O)Oc1ccccc1. The van der Waals surface area contributed by atoms with Crippen molar-refractivity contribution in [2.24, 2.45) is 17.8 Å². The first-order valence-electron chi connectivity index (χ1n) is 12.0. The van der Waals surface area contributed by atoms with Gasteiger partial charge in [-0.1, -0.05) is 45.9 Å². The lowest BCUT2D eigenvalue weighted by Crippen LogP contribution is -2.35. The number of ketones is 1. The molecule has 0 saturated carbocycles. The minimum atomic E-state index is -1.32. The lowest BCUT2D eigenvalue weighted by atomic mass is 9.97. The van der Waals surface area contributed by atoms with Gasteiger partial charge in [0, 0.05) is 12.2 Å². The van der Waals surface area contributed by atoms with Gasteiger partial charge in [0.25, 0.3) is 0 Å². The highest BCUT2D eigenvalue weighted by Gasteiger charge is 2.36. The maximum atomic E-state index is 13.1. The third-order valence-electron chi connectivity index (χ3n) is 4.84. The highest BCUT2D eigenvalue weighted by molar-refractivity contribution is 8.15. The van der Waals surface area contributed by atoms with E-state index in [2.05, 4.69) is 0 Å². The second-order valence-electron chi connectivity index (χ2n) is 9.24. The molecule has 39 heavy (non-hydrogen) atoms. The largest absolute Gasteiger partial charge is 0.428 e. The summed E-state index contributed by atoms with van der Waals surface area (Å²) in [6.07, 6.45) is -0.357. The molecule has 0 heterocycles. The summed E-state index contributed by atoms with van der Waals surface area (Å²) in [7, 11) is 0. The molecule has 0 bridgehead atoms. The standard InChI is InChI=1S/C26H34O11S2/c1-16(2)21(28)33-14-35-24(31)38-13-18(23(30)37-19-10-8-7-9-11-19)12-20(27)26(5,6)39-25(32)36-15-34-22(29)17(3)4/h7-11,16-18H,12-15H2,1-6H3/t18-/m0/s1. The molecule has 0 aliphatic heterocycles. The van der Waals surface area contributed by atoms with Crippen LogP contribution >= 0.6 is 23.5 Å². The van der Waals surface area contributed by atoms with Crippen LogP contribution in [0.25, 0.3) is 0 Å². The van der Waals surface area contributed by atoms with Crippen molar-refractivity contribution in [3.05, 3.63) is 30.3 Å². The summed E-state index contributed by atoms with van der Waals surface area (Å²) < 4.78 is 23.3. The number of Topliss-reactive ketones (excluding diaryl/α,β-unsaturated/α-hetero) is 1. The first-order valence-corrected chi connectivity index (χ1v) is 13.8. The van der Waals surface area contributed by atoms with Gasteiger partial charge < -0.3 is 23.7 Å². The van der Waals surface area contributed by atoms with E-state index in [1.165, 1.54) is 13.8 Å². The molecule has 0 aliphatic rings. The van der Waals surface area contributed by atoms with Crippen LogP contribution in [0.1, 0.15) is 48.0 Å². The van der Waals surface area contributed by atoms with Crippen LogP contribution in [0.2, 0.25) is 0 Å². The van der Waals surface area contributed by atoms with Gasteiger partial charge >= 0.3 is 28.5 Å². The normalized spacial score (nSPS) is 11.9. The van der Waals surface area contributed by atoms with Crippen LogP contribution in [-0.4, -0.2) is 58.4 Å². The molecule has 0 spiro atoms. The molecule has 0 saturated heterocycles. The van der Waals surface area contributed by atoms with Gasteiger partial charge in [0.05, 0.1) is 22.5 Å². The van der Waals surface area contributed by atoms with Gasteiger partial charge in [-0.2, -0.15) is 0 Å². The van der Waals surface area contributed by atoms with E-state index >= 15 is 0 Å². The van der Waals surface area contributed by atoms with Crippen LogP contribution in [0.3, 0.4) is 0 Å². The van der Waals surface area contributed by atoms with Gasteiger partial charge in [-0.25, -0.2) is 9.59 Å². The van der Waals surface area contributed by atoms with E-state index in [0.29, 0.717) is 23.5 Å². The number of esters is 3. The zero-order valence-electron chi connectivity index (χ0n) is 22.8. The molecule has 0 radical (unpaired) electrons. The fourth-order valence-electron chi connectivity index (χ4n) is 2.48. The van der Waals surface area contributed by atoms with Gasteiger partial charge in [-0.15, -0.1) is 0 Å². The second-order valence-corrected chi connectivity index (χ2v) is 11.8. The number of benzene rings is 1. The Bertz CT molecular complexity index is 1010. The fourth-order valence-corrected chi connectivity index (χ4v) is 3.92. The minimum Gasteiger partial charge on any atom is -0.428 e. The zero-order valence-corrected chi connectivity index (χ0v) is 24.4. The average molecular weight is 587 g/mol. The van der Waals surface area contributed by atoms with Crippen molar-refractivity contribution in [2.45, 2.75) is 52.7 Å². The molecular weight excluding hydrogens is 552 g/mol. The third kappa shape index (κ3) is 13.5. The van der Waals surface area contributed by atoms with Gasteiger partial charge in [-0.05, 0) is 49.5 Å². The number of carbonyl (C=O) groups excluding carboxylic acids is 6. The lowest BCUT2D eigenvalue weighted by Gasteiger charge is -2.23. The smallest absolute Gasteiger partial charge is 0.371 e. The molecule has 1 atom stereocenters. The maximum Gasteiger partial charge on any atom is 0.371 e. The van der Waals surface area contributed by atoms with Gasteiger partial charge in [0.1, 0.15) is 11.5 Å². The van der Waals surface area contributed by atoms with Gasteiger partial charge in [0.2, 0.25) is 13.6 Å². The molecule has 13 heteroatoms. The van der Waals surface area contributed by atoms with E-state index in [1.807, 2.05) is 0 Å². The van der Waals surface area contributed by atoms with E-state index in [-0.39, 0.29) is 17.9 Å². The monoisotopic (exact) mass is 586 g/mol. The molecule has 1 rings (SSSR count). The van der Waals surface area contributed by atoms with E-state index in [1.54, 1.807) is 58.0 Å². The van der Waals surface area contributed by atoms with Crippen molar-refractivity contribution in [1.82, 2.24) is 0 Å². The summed E-state index contributed by atoms with van der Waals surface area (Å²) in [5, 5.41) is -1.66. The number of carbonyl (C=O) groups is 6. The highest BCUT2D eigenvalue weighted by Crippen LogP contribution is 2.31. The molecule has 216 valence electrons. The Morgan fingerprint density at radius 2 is 1.26 bits per heavy atom. The van der Waals surface area contributed by atoms with Crippen molar-refractivity contribution in [1.29, 1.82) is 0 Å². The van der Waals surface area contributed by atoms with Crippen molar-refractivity contribution >= 4 is 57.8 Å². The molecule has 0 aliphatic carbocycles. The Morgan fingerprint density at radius 1 is 0.744 bits per heavy atom. The van der Waals surface area contributed by atoms with Crippen molar-refractivity contribution in [3.63, 3.8) is 0 Å². The first kappa shape index (κ1) is 34.0. The predicted molar refractivity (Wildman–Crippen MR) is 144 cm³/mol. The van der Waals surface area contributed by atoms with Gasteiger partial charge in [-0.3, -0.25) is 19.2 Å². The number of hydrogen-bond acceptors (Lipinski definition) is 13. The Morgan fingerprint density at radius 3 is 1.77 bits per heavy atom. The number of hydrogen-bond donors (Lipinski definition) is 0. The summed E-state index contributed by atoms with van der Waals surface area (Å²) in [5.74, 6) is -4.12. The van der Waals surface area contributed by atoms with Crippen LogP contribution in [0.15, 0.2) is 30.3 Å². The summed E-state index contributed by atoms with van der Waals surface area (Å²) >= 11 is 1.18. The zero-order chi connectivity index (χ0) is 29.6. The first-order chi connectivity index (χ1) is 18.2. The molecule has 0 aromatic heterocycles. The molecule has 1 aromatic carbocycles. The summed E-state index contributed by atoms with van der Waals surface area (Å²) in [5.41, 5.74) is 0. The van der Waals surface area contributed by atoms with Crippen LogP contribution in [0.4, 0.5) is 9.59 Å². The fraction of sp³-hybridized carbons (Fsp3) is 0.538. The predicted octanol–water partition coefficient (Wildman–Crippen LogP) is 5.00. The Kier molecular flexibility index (Phi) is 14.6. The number of rotatable bonds is 14. The van der Waals surface area contributed by atoms with Crippen molar-refractivity contribution in [2.75, 3.05) is 19.3 Å². The van der Waals surface area contributed by atoms with Crippen LogP contribution in [0.5, 0.6) is 5.75 Å². The van der Waals surface area contributed by atoms with Crippen LogP contribution in [-0.2, 0) is 38.1 Å². The molecule has 11 nitrogen and oxygen atoms in total. The van der Waals surface area contributed by atoms with Crippen LogP contribution in [0, 0.1) is 17.8 Å². The number of para-hydroxylation sites is 1. The molecule has 0 fully saturated rings. The quantitative estimate of drug-likeness (QED) is 0.164. The third-order valence-corrected chi connectivity index (χ3v) is 6.78. The van der Waals surface area contributed by atoms with Crippen molar-refractivity contribution < 1.29 is 52.5 Å². The molecule has 0 amide bonds. The van der Waals surface area contributed by atoms with Crippen LogP contribution < -0.4 is 4.74 Å². The van der Waals surface area contributed by atoms with E-state index < -0.39 is 70.4 Å². The van der Waals surface area contributed by atoms with E-state index in [9.17, 15) is 28.8 Å². The molecule has 1 aromatic rings. The molecule has 0 unspecified atom stereocenters. The van der Waals surface area contributed by atoms with E-state index in [0.717, 1.165) is 0 Å². The maximum absolute atomic E-state index is 13.1. The summed E-state index contributed by atoms with van der Waals surface area (Å²) in [4.78, 5) is 73.2. The Balaban J connectivity index is 2.78. The topological polar surface area (TPSA) is 149 Å². The van der Waals surface area contributed by atoms with Gasteiger partial charge in [0.15, 0.2) is 0 Å². The number of thioether (sulfide) groups is 2. The Labute approximate surface area is 236 Å². The van der Waals surface area contributed by atoms with Crippen molar-refractivity contribution in [3.8, 4) is 5.75 Å².